The highest BCUT2D eigenvalue weighted by molar-refractivity contribution is 9.10. The second-order valence-electron chi connectivity index (χ2n) is 7.22. The van der Waals surface area contributed by atoms with Crippen LogP contribution >= 0.6 is 27.5 Å². The summed E-state index contributed by atoms with van der Waals surface area (Å²) in [6.07, 6.45) is 1.40. The lowest BCUT2D eigenvalue weighted by Gasteiger charge is -2.26. The maximum absolute atomic E-state index is 13.0. The summed E-state index contributed by atoms with van der Waals surface area (Å²) in [5, 5.41) is 2.80. The number of nitrogens with one attached hydrogen (secondary N) is 1. The van der Waals surface area contributed by atoms with Gasteiger partial charge < -0.3 is 9.47 Å². The fourth-order valence-corrected chi connectivity index (χ4v) is 3.77. The van der Waals surface area contributed by atoms with Crippen LogP contribution in [0.5, 0.6) is 11.5 Å². The molecule has 4 amide bonds. The lowest BCUT2D eigenvalue weighted by Crippen LogP contribution is -2.54. The van der Waals surface area contributed by atoms with Crippen molar-refractivity contribution in [2.75, 3.05) is 12.0 Å². The summed E-state index contributed by atoms with van der Waals surface area (Å²) in [6, 6.07) is 18.1. The summed E-state index contributed by atoms with van der Waals surface area (Å²) in [6.45, 7) is 0.238. The zero-order chi connectivity index (χ0) is 24.2. The fraction of sp³-hybridized carbons (Fsp3) is 0.0800. The molecule has 0 bridgehead atoms. The van der Waals surface area contributed by atoms with Crippen molar-refractivity contribution in [2.24, 2.45) is 0 Å². The van der Waals surface area contributed by atoms with E-state index in [0.717, 1.165) is 14.9 Å². The normalized spacial score (nSPS) is 14.9. The predicted octanol–water partition coefficient (Wildman–Crippen LogP) is 5.36. The Balaban J connectivity index is 1.60. The number of nitrogens with zero attached hydrogens (tertiary/aromatic N) is 1. The number of ether oxygens (including phenoxy) is 2. The maximum Gasteiger partial charge on any atom is 0.335 e. The van der Waals surface area contributed by atoms with Gasteiger partial charge in [-0.05, 0) is 54.1 Å². The Kier molecular flexibility index (Phi) is 7.00. The molecule has 0 aromatic heterocycles. The molecular weight excluding hydrogens is 524 g/mol. The molecule has 1 aliphatic rings. The minimum absolute atomic E-state index is 0.186. The molecule has 1 aliphatic heterocycles. The van der Waals surface area contributed by atoms with Crippen molar-refractivity contribution in [2.45, 2.75) is 6.61 Å². The van der Waals surface area contributed by atoms with Crippen LogP contribution in [-0.4, -0.2) is 25.0 Å². The third kappa shape index (κ3) is 4.98. The van der Waals surface area contributed by atoms with Crippen LogP contribution in [-0.2, 0) is 16.2 Å². The number of anilines is 1. The minimum atomic E-state index is -0.810. The van der Waals surface area contributed by atoms with Gasteiger partial charge in [-0.1, -0.05) is 51.8 Å². The average molecular weight is 542 g/mol. The van der Waals surface area contributed by atoms with Crippen LogP contribution in [0.4, 0.5) is 10.5 Å². The number of rotatable bonds is 6. The van der Waals surface area contributed by atoms with Crippen LogP contribution in [0.15, 0.2) is 76.8 Å². The monoisotopic (exact) mass is 540 g/mol. The quantitative estimate of drug-likeness (QED) is 0.336. The Morgan fingerprint density at radius 1 is 1.00 bits per heavy atom. The van der Waals surface area contributed by atoms with E-state index in [-0.39, 0.29) is 12.2 Å². The molecule has 0 spiro atoms. The number of methoxy groups -OCH3 is 1. The van der Waals surface area contributed by atoms with E-state index in [4.69, 9.17) is 21.1 Å². The van der Waals surface area contributed by atoms with Crippen LogP contribution in [0, 0.1) is 0 Å². The Bertz CT molecular complexity index is 1310. The van der Waals surface area contributed by atoms with Crippen molar-refractivity contribution >= 4 is 57.1 Å². The van der Waals surface area contributed by atoms with E-state index in [9.17, 15) is 14.4 Å². The van der Waals surface area contributed by atoms with Crippen molar-refractivity contribution in [3.8, 4) is 11.5 Å². The summed E-state index contributed by atoms with van der Waals surface area (Å²) < 4.78 is 12.1. The average Bonchev–Trinajstić information content (AvgIpc) is 2.82. The number of amides is 4. The molecule has 3 aromatic carbocycles. The van der Waals surface area contributed by atoms with Crippen LogP contribution < -0.4 is 19.7 Å². The number of benzene rings is 3. The molecule has 1 fully saturated rings. The van der Waals surface area contributed by atoms with E-state index < -0.39 is 17.8 Å². The van der Waals surface area contributed by atoms with Gasteiger partial charge in [-0.25, -0.2) is 9.69 Å². The molecule has 34 heavy (non-hydrogen) atoms. The van der Waals surface area contributed by atoms with Gasteiger partial charge in [-0.2, -0.15) is 0 Å². The molecule has 3 aromatic rings. The van der Waals surface area contributed by atoms with E-state index in [0.29, 0.717) is 27.8 Å². The second-order valence-corrected chi connectivity index (χ2v) is 8.55. The number of carbonyl (C=O) groups is 3. The largest absolute Gasteiger partial charge is 0.493 e. The number of hydrogen-bond donors (Lipinski definition) is 1. The molecule has 1 heterocycles. The van der Waals surface area contributed by atoms with Gasteiger partial charge in [0.1, 0.15) is 12.2 Å². The van der Waals surface area contributed by atoms with E-state index in [1.807, 2.05) is 18.2 Å². The second kappa shape index (κ2) is 10.1. The standard InChI is InChI=1S/C25H18BrClN2O5/c1-33-22-13-15(6-11-21(22)34-14-16-4-2-3-5-20(16)27)12-19-23(30)28-25(32)29(24(19)31)18-9-7-17(26)8-10-18/h2-13H,14H2,1H3,(H,28,30,32)/b19-12+. The molecule has 0 unspecified atom stereocenters. The van der Waals surface area contributed by atoms with Crippen LogP contribution in [0.2, 0.25) is 5.02 Å². The third-order valence-electron chi connectivity index (χ3n) is 5.03. The molecule has 0 radical (unpaired) electrons. The van der Waals surface area contributed by atoms with Crippen molar-refractivity contribution in [3.05, 3.63) is 92.9 Å². The molecule has 0 aliphatic carbocycles. The van der Waals surface area contributed by atoms with E-state index in [1.54, 1.807) is 48.5 Å². The van der Waals surface area contributed by atoms with E-state index >= 15 is 0 Å². The van der Waals surface area contributed by atoms with Crippen LogP contribution in [0.25, 0.3) is 6.08 Å². The van der Waals surface area contributed by atoms with Gasteiger partial charge >= 0.3 is 6.03 Å². The van der Waals surface area contributed by atoms with Crippen LogP contribution in [0.3, 0.4) is 0 Å². The molecule has 172 valence electrons. The van der Waals surface area contributed by atoms with Gasteiger partial charge in [-0.3, -0.25) is 14.9 Å². The number of imide groups is 2. The summed E-state index contributed by atoms with van der Waals surface area (Å²) in [5.74, 6) is -0.628. The summed E-state index contributed by atoms with van der Waals surface area (Å²) in [4.78, 5) is 38.7. The van der Waals surface area contributed by atoms with E-state index in [2.05, 4.69) is 21.2 Å². The third-order valence-corrected chi connectivity index (χ3v) is 5.92. The van der Waals surface area contributed by atoms with Crippen molar-refractivity contribution < 1.29 is 23.9 Å². The Morgan fingerprint density at radius 2 is 1.74 bits per heavy atom. The Morgan fingerprint density at radius 3 is 2.44 bits per heavy atom. The number of carbonyl (C=O) groups excluding carboxylic acids is 3. The van der Waals surface area contributed by atoms with Gasteiger partial charge in [0, 0.05) is 15.1 Å². The predicted molar refractivity (Wildman–Crippen MR) is 132 cm³/mol. The molecule has 4 rings (SSSR count). The van der Waals surface area contributed by atoms with Gasteiger partial charge in [0.15, 0.2) is 11.5 Å². The summed E-state index contributed by atoms with van der Waals surface area (Å²) >= 11 is 9.49. The minimum Gasteiger partial charge on any atom is -0.493 e. The lowest BCUT2D eigenvalue weighted by molar-refractivity contribution is -0.122. The number of barbiturate groups is 1. The van der Waals surface area contributed by atoms with Gasteiger partial charge in [-0.15, -0.1) is 0 Å². The molecule has 9 heteroatoms. The first kappa shape index (κ1) is 23.5. The van der Waals surface area contributed by atoms with Crippen molar-refractivity contribution in [1.82, 2.24) is 5.32 Å². The highest BCUT2D eigenvalue weighted by atomic mass is 79.9. The number of hydrogen-bond acceptors (Lipinski definition) is 5. The van der Waals surface area contributed by atoms with Gasteiger partial charge in [0.2, 0.25) is 0 Å². The van der Waals surface area contributed by atoms with Gasteiger partial charge in [0.05, 0.1) is 12.8 Å². The fourth-order valence-electron chi connectivity index (χ4n) is 3.31. The molecule has 1 saturated heterocycles. The molecule has 1 N–H and O–H groups in total. The highest BCUT2D eigenvalue weighted by Gasteiger charge is 2.36. The number of halogens is 2. The molecule has 0 saturated carbocycles. The molecule has 7 nitrogen and oxygen atoms in total. The number of urea groups is 1. The first-order chi connectivity index (χ1) is 16.4. The smallest absolute Gasteiger partial charge is 0.335 e. The first-order valence-electron chi connectivity index (χ1n) is 10.1. The SMILES string of the molecule is COc1cc(/C=C2\C(=O)NC(=O)N(c3ccc(Br)cc3)C2=O)ccc1OCc1ccccc1Cl. The van der Waals surface area contributed by atoms with Crippen molar-refractivity contribution in [1.29, 1.82) is 0 Å². The highest BCUT2D eigenvalue weighted by Crippen LogP contribution is 2.31. The van der Waals surface area contributed by atoms with E-state index in [1.165, 1.54) is 13.2 Å². The Labute approximate surface area is 209 Å². The molecular formula is C25H18BrClN2O5. The lowest BCUT2D eigenvalue weighted by atomic mass is 10.1. The summed E-state index contributed by atoms with van der Waals surface area (Å²) in [7, 11) is 1.49. The first-order valence-corrected chi connectivity index (χ1v) is 11.3. The van der Waals surface area contributed by atoms with Crippen LogP contribution in [0.1, 0.15) is 11.1 Å². The molecule has 0 atom stereocenters. The summed E-state index contributed by atoms with van der Waals surface area (Å²) in [5.41, 5.74) is 1.49. The van der Waals surface area contributed by atoms with Crippen molar-refractivity contribution in [3.63, 3.8) is 0 Å². The zero-order valence-corrected chi connectivity index (χ0v) is 20.2. The topological polar surface area (TPSA) is 84.9 Å². The Hall–Kier alpha value is -3.62. The van der Waals surface area contributed by atoms with Gasteiger partial charge in [0.25, 0.3) is 11.8 Å². The maximum atomic E-state index is 13.0. The zero-order valence-electron chi connectivity index (χ0n) is 17.9.